The smallest absolute Gasteiger partial charge is 0.285 e. The maximum Gasteiger partial charge on any atom is 0.285 e. The maximum absolute atomic E-state index is 13.4. The average molecular weight is 271 g/mol. The third-order valence-electron chi connectivity index (χ3n) is 2.32. The number of halogens is 2. The van der Waals surface area contributed by atoms with Crippen LogP contribution in [0.2, 0.25) is 0 Å². The van der Waals surface area contributed by atoms with Crippen molar-refractivity contribution in [3.8, 4) is 0 Å². The van der Waals surface area contributed by atoms with Gasteiger partial charge < -0.3 is 0 Å². The molecule has 1 amide bonds. The summed E-state index contributed by atoms with van der Waals surface area (Å²) >= 11 is 1.31. The molecule has 1 aromatic rings. The van der Waals surface area contributed by atoms with E-state index in [1.807, 2.05) is 6.92 Å². The van der Waals surface area contributed by atoms with Crippen LogP contribution >= 0.6 is 11.8 Å². The minimum Gasteiger partial charge on any atom is -0.289 e. The molecular weight excluding hydrogens is 260 g/mol. The zero-order valence-electron chi connectivity index (χ0n) is 9.78. The Balaban J connectivity index is 2.30. The first-order chi connectivity index (χ1) is 8.49. The van der Waals surface area contributed by atoms with Gasteiger partial charge in [0, 0.05) is 7.05 Å². The fourth-order valence-electron chi connectivity index (χ4n) is 1.54. The molecule has 0 aliphatic carbocycles. The standard InChI is InChI=1S/C11H11F2N3OS/c1-6-15-16(2)11(18-6)14-10(17)9-7(12)4-3-5-8(9)13/h3-6,15H,1-2H3. The van der Waals surface area contributed by atoms with Gasteiger partial charge in [-0.1, -0.05) is 17.8 Å². The number of rotatable bonds is 1. The quantitative estimate of drug-likeness (QED) is 0.848. The zero-order chi connectivity index (χ0) is 13.3. The SMILES string of the molecule is CC1NN(C)C(=NC(=O)c2c(F)cccc2F)S1. The zero-order valence-corrected chi connectivity index (χ0v) is 10.6. The highest BCUT2D eigenvalue weighted by Crippen LogP contribution is 2.21. The van der Waals surface area contributed by atoms with Crippen molar-refractivity contribution in [1.29, 1.82) is 0 Å². The van der Waals surface area contributed by atoms with Crippen molar-refractivity contribution in [2.24, 2.45) is 4.99 Å². The molecule has 1 heterocycles. The molecule has 1 aliphatic heterocycles. The molecule has 96 valence electrons. The van der Waals surface area contributed by atoms with Crippen molar-refractivity contribution >= 4 is 22.8 Å². The topological polar surface area (TPSA) is 44.7 Å². The molecule has 1 aromatic carbocycles. The van der Waals surface area contributed by atoms with Gasteiger partial charge in [-0.2, -0.15) is 4.99 Å². The summed E-state index contributed by atoms with van der Waals surface area (Å²) in [6.07, 6.45) is 0. The largest absolute Gasteiger partial charge is 0.289 e. The highest BCUT2D eigenvalue weighted by Gasteiger charge is 2.24. The van der Waals surface area contributed by atoms with Gasteiger partial charge in [0.25, 0.3) is 5.91 Å². The third-order valence-corrected chi connectivity index (χ3v) is 3.35. The van der Waals surface area contributed by atoms with E-state index in [0.29, 0.717) is 5.17 Å². The Labute approximate surface area is 107 Å². The van der Waals surface area contributed by atoms with Crippen LogP contribution in [-0.2, 0) is 0 Å². The van der Waals surface area contributed by atoms with Crippen LogP contribution in [0.25, 0.3) is 0 Å². The van der Waals surface area contributed by atoms with E-state index in [2.05, 4.69) is 10.4 Å². The lowest BCUT2D eigenvalue weighted by molar-refractivity contribution is 0.0993. The molecule has 1 fully saturated rings. The van der Waals surface area contributed by atoms with E-state index in [4.69, 9.17) is 0 Å². The summed E-state index contributed by atoms with van der Waals surface area (Å²) in [4.78, 5) is 15.5. The molecule has 0 saturated carbocycles. The van der Waals surface area contributed by atoms with E-state index >= 15 is 0 Å². The number of amidine groups is 1. The number of hydrogen-bond donors (Lipinski definition) is 1. The van der Waals surface area contributed by atoms with Crippen molar-refractivity contribution < 1.29 is 13.6 Å². The molecular formula is C11H11F2N3OS. The maximum atomic E-state index is 13.4. The number of carbonyl (C=O) groups is 1. The monoisotopic (exact) mass is 271 g/mol. The number of thioether (sulfide) groups is 1. The van der Waals surface area contributed by atoms with Gasteiger partial charge in [0.2, 0.25) is 0 Å². The van der Waals surface area contributed by atoms with Crippen LogP contribution < -0.4 is 5.43 Å². The van der Waals surface area contributed by atoms with Crippen molar-refractivity contribution in [3.63, 3.8) is 0 Å². The van der Waals surface area contributed by atoms with Crippen LogP contribution in [-0.4, -0.2) is 28.5 Å². The van der Waals surface area contributed by atoms with E-state index in [1.165, 1.54) is 17.8 Å². The Morgan fingerprint density at radius 3 is 2.56 bits per heavy atom. The van der Waals surface area contributed by atoms with Gasteiger partial charge in [-0.3, -0.25) is 9.80 Å². The molecule has 0 aromatic heterocycles. The Hall–Kier alpha value is -1.47. The van der Waals surface area contributed by atoms with Crippen LogP contribution in [0.5, 0.6) is 0 Å². The lowest BCUT2D eigenvalue weighted by Crippen LogP contribution is -2.33. The summed E-state index contributed by atoms with van der Waals surface area (Å²) < 4.78 is 26.8. The number of benzene rings is 1. The molecule has 1 aliphatic rings. The molecule has 2 rings (SSSR count). The minimum absolute atomic E-state index is 0.0621. The fraction of sp³-hybridized carbons (Fsp3) is 0.273. The minimum atomic E-state index is -0.921. The van der Waals surface area contributed by atoms with Gasteiger partial charge in [-0.15, -0.1) is 0 Å². The molecule has 0 spiro atoms. The van der Waals surface area contributed by atoms with Crippen LogP contribution in [0.3, 0.4) is 0 Å². The first-order valence-electron chi connectivity index (χ1n) is 5.22. The molecule has 1 saturated heterocycles. The Morgan fingerprint density at radius 2 is 2.06 bits per heavy atom. The Bertz CT molecular complexity index is 501. The number of amides is 1. The lowest BCUT2D eigenvalue weighted by Gasteiger charge is -2.10. The number of carbonyl (C=O) groups excluding carboxylic acids is 1. The predicted octanol–water partition coefficient (Wildman–Crippen LogP) is 1.99. The number of aliphatic imine (C=N–C) groups is 1. The Morgan fingerprint density at radius 1 is 1.44 bits per heavy atom. The summed E-state index contributed by atoms with van der Waals surface area (Å²) in [5.41, 5.74) is 2.35. The van der Waals surface area contributed by atoms with E-state index < -0.39 is 23.1 Å². The molecule has 4 nitrogen and oxygen atoms in total. The van der Waals surface area contributed by atoms with Crippen LogP contribution in [0.15, 0.2) is 23.2 Å². The van der Waals surface area contributed by atoms with E-state index in [-0.39, 0.29) is 5.37 Å². The number of nitrogens with one attached hydrogen (secondary N) is 1. The van der Waals surface area contributed by atoms with Crippen LogP contribution in [0.4, 0.5) is 8.78 Å². The van der Waals surface area contributed by atoms with Gasteiger partial charge in [0.05, 0.1) is 5.37 Å². The number of nitrogens with zero attached hydrogens (tertiary/aromatic N) is 2. The first kappa shape index (κ1) is 13.0. The van der Waals surface area contributed by atoms with Crippen LogP contribution in [0, 0.1) is 11.6 Å². The number of hydrogen-bond acceptors (Lipinski definition) is 3. The summed E-state index contributed by atoms with van der Waals surface area (Å²) in [6, 6.07) is 3.26. The predicted molar refractivity (Wildman–Crippen MR) is 66.1 cm³/mol. The highest BCUT2D eigenvalue weighted by molar-refractivity contribution is 8.14. The Kier molecular flexibility index (Phi) is 3.63. The summed E-state index contributed by atoms with van der Waals surface area (Å²) in [5, 5.41) is 1.99. The second kappa shape index (κ2) is 5.03. The first-order valence-corrected chi connectivity index (χ1v) is 6.10. The van der Waals surface area contributed by atoms with Crippen molar-refractivity contribution in [2.45, 2.75) is 12.3 Å². The molecule has 0 radical (unpaired) electrons. The van der Waals surface area contributed by atoms with E-state index in [1.54, 1.807) is 12.1 Å². The molecule has 1 N–H and O–H groups in total. The molecule has 0 bridgehead atoms. The van der Waals surface area contributed by atoms with Gasteiger partial charge >= 0.3 is 0 Å². The van der Waals surface area contributed by atoms with E-state index in [9.17, 15) is 13.6 Å². The number of hydrazine groups is 1. The second-order valence-corrected chi connectivity index (χ2v) is 5.05. The lowest BCUT2D eigenvalue weighted by atomic mass is 10.2. The van der Waals surface area contributed by atoms with Gasteiger partial charge in [0.1, 0.15) is 17.2 Å². The third kappa shape index (κ3) is 2.51. The average Bonchev–Trinajstić information content (AvgIpc) is 2.57. The van der Waals surface area contributed by atoms with Crippen molar-refractivity contribution in [3.05, 3.63) is 35.4 Å². The molecule has 1 unspecified atom stereocenters. The van der Waals surface area contributed by atoms with Gasteiger partial charge in [0.15, 0.2) is 5.17 Å². The fourth-order valence-corrected chi connectivity index (χ4v) is 2.41. The van der Waals surface area contributed by atoms with E-state index in [0.717, 1.165) is 12.1 Å². The molecule has 1 atom stereocenters. The highest BCUT2D eigenvalue weighted by atomic mass is 32.2. The van der Waals surface area contributed by atoms with Crippen molar-refractivity contribution in [1.82, 2.24) is 10.4 Å². The van der Waals surface area contributed by atoms with Gasteiger partial charge in [-0.05, 0) is 19.1 Å². The van der Waals surface area contributed by atoms with Crippen molar-refractivity contribution in [2.75, 3.05) is 7.05 Å². The van der Waals surface area contributed by atoms with Crippen LogP contribution in [0.1, 0.15) is 17.3 Å². The summed E-state index contributed by atoms with van der Waals surface area (Å²) in [6.45, 7) is 1.89. The summed E-state index contributed by atoms with van der Waals surface area (Å²) in [7, 11) is 1.68. The summed E-state index contributed by atoms with van der Waals surface area (Å²) in [5.74, 6) is -2.73. The van der Waals surface area contributed by atoms with Gasteiger partial charge in [-0.25, -0.2) is 14.2 Å². The molecule has 18 heavy (non-hydrogen) atoms. The molecule has 7 heteroatoms. The second-order valence-electron chi connectivity index (χ2n) is 3.74. The normalized spacial score (nSPS) is 21.7.